The molecule has 2 fully saturated rings. The minimum absolute atomic E-state index is 0.451. The molecule has 1 aromatic rings. The maximum atomic E-state index is 2.52. The lowest BCUT2D eigenvalue weighted by Crippen LogP contribution is -2.27. The fourth-order valence-electron chi connectivity index (χ4n) is 4.80. The average molecular weight is 256 g/mol. The molecule has 0 amide bonds. The van der Waals surface area contributed by atoms with Crippen molar-refractivity contribution in [1.29, 1.82) is 0 Å². The fraction of sp³-hybridized carbons (Fsp3) is 0.684. The van der Waals surface area contributed by atoms with Gasteiger partial charge >= 0.3 is 0 Å². The Morgan fingerprint density at radius 2 is 1.32 bits per heavy atom. The van der Waals surface area contributed by atoms with E-state index >= 15 is 0 Å². The van der Waals surface area contributed by atoms with Crippen molar-refractivity contribution in [2.45, 2.75) is 83.0 Å². The summed E-state index contributed by atoms with van der Waals surface area (Å²) in [5.74, 6) is 0. The smallest absolute Gasteiger partial charge is 0.00697 e. The van der Waals surface area contributed by atoms with Gasteiger partial charge in [0.25, 0.3) is 0 Å². The molecule has 0 bridgehead atoms. The van der Waals surface area contributed by atoms with Crippen LogP contribution in [0.5, 0.6) is 0 Å². The Balaban J connectivity index is 2.12. The van der Waals surface area contributed by atoms with Crippen LogP contribution < -0.4 is 0 Å². The van der Waals surface area contributed by atoms with Crippen LogP contribution in [0.3, 0.4) is 0 Å². The van der Waals surface area contributed by atoms with Crippen molar-refractivity contribution in [3.63, 3.8) is 0 Å². The summed E-state index contributed by atoms with van der Waals surface area (Å²) in [5, 5.41) is 0. The van der Waals surface area contributed by atoms with Gasteiger partial charge in [-0.05, 0) is 60.1 Å². The lowest BCUT2D eigenvalue weighted by atomic mass is 9.69. The SMILES string of the molecule is Cc1cccc(C2(C)CCCC2)c1C1(C)CCCC1. The van der Waals surface area contributed by atoms with E-state index in [0.29, 0.717) is 10.8 Å². The molecule has 0 atom stereocenters. The number of rotatable bonds is 2. The molecule has 0 N–H and O–H groups in total. The molecule has 2 saturated carbocycles. The van der Waals surface area contributed by atoms with Gasteiger partial charge in [-0.1, -0.05) is 57.7 Å². The molecule has 0 heteroatoms. The van der Waals surface area contributed by atoms with Crippen LogP contribution in [0.15, 0.2) is 18.2 Å². The van der Waals surface area contributed by atoms with E-state index < -0.39 is 0 Å². The number of hydrogen-bond acceptors (Lipinski definition) is 0. The summed E-state index contributed by atoms with van der Waals surface area (Å²) >= 11 is 0. The van der Waals surface area contributed by atoms with Crippen molar-refractivity contribution in [1.82, 2.24) is 0 Å². The van der Waals surface area contributed by atoms with Gasteiger partial charge in [0.05, 0.1) is 0 Å². The van der Waals surface area contributed by atoms with Crippen molar-refractivity contribution in [3.8, 4) is 0 Å². The summed E-state index contributed by atoms with van der Waals surface area (Å²) < 4.78 is 0. The second-order valence-electron chi connectivity index (χ2n) is 7.53. The van der Waals surface area contributed by atoms with E-state index in [1.54, 1.807) is 11.1 Å². The first-order valence-corrected chi connectivity index (χ1v) is 8.16. The van der Waals surface area contributed by atoms with Crippen molar-refractivity contribution in [2.24, 2.45) is 0 Å². The van der Waals surface area contributed by atoms with Crippen LogP contribution >= 0.6 is 0 Å². The normalized spacial score (nSPS) is 24.8. The molecule has 2 aliphatic rings. The van der Waals surface area contributed by atoms with Gasteiger partial charge in [0.15, 0.2) is 0 Å². The Morgan fingerprint density at radius 3 is 1.89 bits per heavy atom. The van der Waals surface area contributed by atoms with Crippen LogP contribution in [0.25, 0.3) is 0 Å². The van der Waals surface area contributed by atoms with Crippen LogP contribution in [0.2, 0.25) is 0 Å². The highest BCUT2D eigenvalue weighted by Crippen LogP contribution is 2.49. The molecule has 0 unspecified atom stereocenters. The zero-order valence-electron chi connectivity index (χ0n) is 12.9. The van der Waals surface area contributed by atoms with E-state index in [2.05, 4.69) is 39.0 Å². The molecular weight excluding hydrogens is 228 g/mol. The Hall–Kier alpha value is -0.780. The lowest BCUT2D eigenvalue weighted by Gasteiger charge is -2.35. The highest BCUT2D eigenvalue weighted by atomic mass is 14.4. The van der Waals surface area contributed by atoms with E-state index in [0.717, 1.165) is 0 Å². The van der Waals surface area contributed by atoms with E-state index in [4.69, 9.17) is 0 Å². The summed E-state index contributed by atoms with van der Waals surface area (Å²) in [6.45, 7) is 7.36. The van der Waals surface area contributed by atoms with Crippen LogP contribution in [-0.2, 0) is 10.8 Å². The van der Waals surface area contributed by atoms with E-state index in [-0.39, 0.29) is 0 Å². The van der Waals surface area contributed by atoms with Gasteiger partial charge in [-0.2, -0.15) is 0 Å². The van der Waals surface area contributed by atoms with Crippen LogP contribution in [0, 0.1) is 6.92 Å². The Kier molecular flexibility index (Phi) is 3.23. The van der Waals surface area contributed by atoms with Crippen LogP contribution in [-0.4, -0.2) is 0 Å². The molecule has 104 valence electrons. The molecule has 0 radical (unpaired) electrons. The second-order valence-corrected chi connectivity index (χ2v) is 7.53. The summed E-state index contributed by atoms with van der Waals surface area (Å²) in [6.07, 6.45) is 11.2. The number of benzene rings is 1. The van der Waals surface area contributed by atoms with Gasteiger partial charge in [-0.3, -0.25) is 0 Å². The van der Waals surface area contributed by atoms with Crippen molar-refractivity contribution in [2.75, 3.05) is 0 Å². The van der Waals surface area contributed by atoms with Gasteiger partial charge in [0.1, 0.15) is 0 Å². The highest BCUT2D eigenvalue weighted by molar-refractivity contribution is 5.45. The number of hydrogen-bond donors (Lipinski definition) is 0. The summed E-state index contributed by atoms with van der Waals surface area (Å²) in [7, 11) is 0. The Morgan fingerprint density at radius 1 is 0.789 bits per heavy atom. The monoisotopic (exact) mass is 256 g/mol. The second kappa shape index (κ2) is 4.65. The molecule has 1 aromatic carbocycles. The highest BCUT2D eigenvalue weighted by Gasteiger charge is 2.39. The molecule has 0 aromatic heterocycles. The topological polar surface area (TPSA) is 0 Å². The maximum absolute atomic E-state index is 2.52. The minimum Gasteiger partial charge on any atom is -0.0617 e. The fourth-order valence-corrected chi connectivity index (χ4v) is 4.80. The summed E-state index contributed by atoms with van der Waals surface area (Å²) in [5.41, 5.74) is 5.85. The van der Waals surface area contributed by atoms with Crippen LogP contribution in [0.4, 0.5) is 0 Å². The predicted molar refractivity (Wildman–Crippen MR) is 82.8 cm³/mol. The first-order valence-electron chi connectivity index (χ1n) is 8.16. The Bertz CT molecular complexity index is 457. The molecule has 3 rings (SSSR count). The quantitative estimate of drug-likeness (QED) is 0.640. The van der Waals surface area contributed by atoms with Gasteiger partial charge in [-0.25, -0.2) is 0 Å². The van der Waals surface area contributed by atoms with Crippen molar-refractivity contribution >= 4 is 0 Å². The Labute approximate surface area is 118 Å². The standard InChI is InChI=1S/C19H28/c1-15-9-8-10-16(18(2)11-4-5-12-18)17(15)19(3)13-6-7-14-19/h8-10H,4-7,11-14H2,1-3H3. The third kappa shape index (κ3) is 2.14. The third-order valence-electron chi connectivity index (χ3n) is 5.94. The molecule has 0 heterocycles. The first-order chi connectivity index (χ1) is 9.05. The summed E-state index contributed by atoms with van der Waals surface area (Å²) in [4.78, 5) is 0. The molecule has 0 saturated heterocycles. The van der Waals surface area contributed by atoms with Gasteiger partial charge in [0.2, 0.25) is 0 Å². The van der Waals surface area contributed by atoms with Gasteiger partial charge < -0.3 is 0 Å². The zero-order chi connectivity index (χ0) is 13.5. The maximum Gasteiger partial charge on any atom is -0.00697 e. The van der Waals surface area contributed by atoms with Gasteiger partial charge in [0, 0.05) is 0 Å². The summed E-state index contributed by atoms with van der Waals surface area (Å²) in [6, 6.07) is 7.06. The van der Waals surface area contributed by atoms with Gasteiger partial charge in [-0.15, -0.1) is 0 Å². The van der Waals surface area contributed by atoms with E-state index in [1.165, 1.54) is 56.9 Å². The average Bonchev–Trinajstić information content (AvgIpc) is 2.99. The number of aryl methyl sites for hydroxylation is 1. The molecule has 0 nitrogen and oxygen atoms in total. The molecule has 0 aliphatic heterocycles. The lowest BCUT2D eigenvalue weighted by molar-refractivity contribution is 0.438. The van der Waals surface area contributed by atoms with Crippen LogP contribution in [0.1, 0.15) is 81.9 Å². The van der Waals surface area contributed by atoms with E-state index in [1.807, 2.05) is 0 Å². The molecule has 2 aliphatic carbocycles. The minimum atomic E-state index is 0.451. The van der Waals surface area contributed by atoms with E-state index in [9.17, 15) is 0 Å². The third-order valence-corrected chi connectivity index (χ3v) is 5.94. The predicted octanol–water partition coefficient (Wildman–Crippen LogP) is 5.66. The molecular formula is C19H28. The largest absolute Gasteiger partial charge is 0.0617 e. The van der Waals surface area contributed by atoms with Crippen molar-refractivity contribution in [3.05, 3.63) is 34.9 Å². The first kappa shape index (κ1) is 13.2. The molecule has 0 spiro atoms. The molecule has 19 heavy (non-hydrogen) atoms. The van der Waals surface area contributed by atoms with Crippen molar-refractivity contribution < 1.29 is 0 Å². The zero-order valence-corrected chi connectivity index (χ0v) is 12.9.